The lowest BCUT2D eigenvalue weighted by molar-refractivity contribution is -0.139. The third-order valence-electron chi connectivity index (χ3n) is 2.65. The molecule has 0 heterocycles. The van der Waals surface area contributed by atoms with Crippen LogP contribution in [0.1, 0.15) is 24.8 Å². The number of carboxylic acid groups (broad SMARTS) is 2. The summed E-state index contributed by atoms with van der Waals surface area (Å²) in [6.07, 6.45) is 4.31. The molecule has 21 heavy (non-hydrogen) atoms. The number of carbonyl (C=O) groups is 2. The SMILES string of the molecule is CSCC[C@H](N)C(=O)O.O=C(O)CCCc1ccccc1. The average molecular weight is 313 g/mol. The summed E-state index contributed by atoms with van der Waals surface area (Å²) in [5.41, 5.74) is 6.40. The summed E-state index contributed by atoms with van der Waals surface area (Å²) in [7, 11) is 0. The largest absolute Gasteiger partial charge is 0.481 e. The number of thioether (sulfide) groups is 1. The monoisotopic (exact) mass is 313 g/mol. The van der Waals surface area contributed by atoms with E-state index in [4.69, 9.17) is 15.9 Å². The van der Waals surface area contributed by atoms with Crippen LogP contribution in [0.5, 0.6) is 0 Å². The molecule has 1 rings (SSSR count). The van der Waals surface area contributed by atoms with E-state index in [0.717, 1.165) is 18.6 Å². The number of rotatable bonds is 8. The summed E-state index contributed by atoms with van der Waals surface area (Å²) >= 11 is 1.60. The van der Waals surface area contributed by atoms with Crippen molar-refractivity contribution in [3.63, 3.8) is 0 Å². The smallest absolute Gasteiger partial charge is 0.320 e. The fourth-order valence-corrected chi connectivity index (χ4v) is 1.95. The van der Waals surface area contributed by atoms with Gasteiger partial charge in [0.1, 0.15) is 6.04 Å². The van der Waals surface area contributed by atoms with Gasteiger partial charge in [-0.2, -0.15) is 11.8 Å². The lowest BCUT2D eigenvalue weighted by Crippen LogP contribution is -2.30. The van der Waals surface area contributed by atoms with Crippen LogP contribution in [-0.2, 0) is 16.0 Å². The van der Waals surface area contributed by atoms with E-state index in [0.29, 0.717) is 6.42 Å². The van der Waals surface area contributed by atoms with Gasteiger partial charge in [-0.1, -0.05) is 30.3 Å². The highest BCUT2D eigenvalue weighted by Crippen LogP contribution is 2.03. The van der Waals surface area contributed by atoms with Crippen LogP contribution in [0.4, 0.5) is 0 Å². The van der Waals surface area contributed by atoms with Gasteiger partial charge in [-0.25, -0.2) is 0 Å². The Morgan fingerprint density at radius 3 is 2.33 bits per heavy atom. The highest BCUT2D eigenvalue weighted by atomic mass is 32.2. The Hall–Kier alpha value is -1.53. The minimum Gasteiger partial charge on any atom is -0.481 e. The van der Waals surface area contributed by atoms with E-state index in [1.165, 1.54) is 5.56 Å². The van der Waals surface area contributed by atoms with Gasteiger partial charge in [-0.05, 0) is 36.8 Å². The van der Waals surface area contributed by atoms with Gasteiger partial charge in [0.15, 0.2) is 0 Å². The maximum Gasteiger partial charge on any atom is 0.320 e. The number of carboxylic acids is 2. The lowest BCUT2D eigenvalue weighted by atomic mass is 10.1. The topological polar surface area (TPSA) is 101 Å². The van der Waals surface area contributed by atoms with Crippen molar-refractivity contribution in [2.45, 2.75) is 31.7 Å². The Labute approximate surface area is 129 Å². The molecule has 0 aliphatic carbocycles. The molecule has 0 fully saturated rings. The Bertz CT molecular complexity index is 411. The van der Waals surface area contributed by atoms with E-state index in [1.807, 2.05) is 36.6 Å². The van der Waals surface area contributed by atoms with Crippen LogP contribution in [0.3, 0.4) is 0 Å². The van der Waals surface area contributed by atoms with Gasteiger partial charge in [0.2, 0.25) is 0 Å². The maximum atomic E-state index is 10.2. The first kappa shape index (κ1) is 19.5. The first-order chi connectivity index (χ1) is 9.97. The Morgan fingerprint density at radius 2 is 1.86 bits per heavy atom. The maximum absolute atomic E-state index is 10.2. The highest BCUT2D eigenvalue weighted by molar-refractivity contribution is 7.98. The van der Waals surface area contributed by atoms with Crippen molar-refractivity contribution in [3.8, 4) is 0 Å². The second kappa shape index (κ2) is 12.2. The molecular weight excluding hydrogens is 290 g/mol. The zero-order chi connectivity index (χ0) is 16.1. The van der Waals surface area contributed by atoms with E-state index in [9.17, 15) is 9.59 Å². The molecule has 0 spiro atoms. The Balaban J connectivity index is 0.000000400. The summed E-state index contributed by atoms with van der Waals surface area (Å²) in [6, 6.07) is 9.24. The zero-order valence-electron chi connectivity index (χ0n) is 12.2. The summed E-state index contributed by atoms with van der Waals surface area (Å²) in [5, 5.41) is 16.7. The highest BCUT2D eigenvalue weighted by Gasteiger charge is 2.08. The molecular formula is C15H23NO4S. The molecule has 0 bridgehead atoms. The summed E-state index contributed by atoms with van der Waals surface area (Å²) in [5.74, 6) is -0.817. The summed E-state index contributed by atoms with van der Waals surface area (Å²) < 4.78 is 0. The molecule has 5 nitrogen and oxygen atoms in total. The van der Waals surface area contributed by atoms with E-state index in [1.54, 1.807) is 11.8 Å². The molecule has 6 heteroatoms. The third-order valence-corrected chi connectivity index (χ3v) is 3.29. The van der Waals surface area contributed by atoms with Crippen molar-refractivity contribution < 1.29 is 19.8 Å². The molecule has 0 aliphatic heterocycles. The zero-order valence-corrected chi connectivity index (χ0v) is 13.0. The van der Waals surface area contributed by atoms with Crippen LogP contribution in [-0.4, -0.2) is 40.2 Å². The predicted molar refractivity (Wildman–Crippen MR) is 85.6 cm³/mol. The van der Waals surface area contributed by atoms with Gasteiger partial charge in [-0.15, -0.1) is 0 Å². The quantitative estimate of drug-likeness (QED) is 0.680. The van der Waals surface area contributed by atoms with E-state index in [2.05, 4.69) is 0 Å². The van der Waals surface area contributed by atoms with Crippen LogP contribution in [0.2, 0.25) is 0 Å². The van der Waals surface area contributed by atoms with Crippen LogP contribution < -0.4 is 5.73 Å². The van der Waals surface area contributed by atoms with Crippen molar-refractivity contribution in [2.24, 2.45) is 5.73 Å². The number of hydrogen-bond acceptors (Lipinski definition) is 4. The van der Waals surface area contributed by atoms with Crippen molar-refractivity contribution in [1.29, 1.82) is 0 Å². The van der Waals surface area contributed by atoms with Gasteiger partial charge in [0.05, 0.1) is 0 Å². The fraction of sp³-hybridized carbons (Fsp3) is 0.467. The van der Waals surface area contributed by atoms with Gasteiger partial charge in [-0.3, -0.25) is 9.59 Å². The molecule has 0 amide bonds. The first-order valence-corrected chi connectivity index (χ1v) is 8.09. The average Bonchev–Trinajstić information content (AvgIpc) is 2.46. The summed E-state index contributed by atoms with van der Waals surface area (Å²) in [4.78, 5) is 20.3. The number of benzene rings is 1. The Morgan fingerprint density at radius 1 is 1.24 bits per heavy atom. The van der Waals surface area contributed by atoms with E-state index < -0.39 is 18.0 Å². The molecule has 0 aromatic heterocycles. The second-order valence-electron chi connectivity index (χ2n) is 4.46. The van der Waals surface area contributed by atoms with Crippen molar-refractivity contribution in [2.75, 3.05) is 12.0 Å². The molecule has 0 unspecified atom stereocenters. The first-order valence-electron chi connectivity index (χ1n) is 6.70. The molecule has 0 saturated heterocycles. The van der Waals surface area contributed by atoms with Gasteiger partial charge in [0, 0.05) is 6.42 Å². The molecule has 1 aromatic rings. The number of aryl methyl sites for hydroxylation is 1. The normalized spacial score (nSPS) is 11.1. The summed E-state index contributed by atoms with van der Waals surface area (Å²) in [6.45, 7) is 0. The number of hydrogen-bond donors (Lipinski definition) is 3. The van der Waals surface area contributed by atoms with Gasteiger partial charge < -0.3 is 15.9 Å². The van der Waals surface area contributed by atoms with Crippen LogP contribution in [0.25, 0.3) is 0 Å². The minimum absolute atomic E-state index is 0.259. The molecule has 118 valence electrons. The van der Waals surface area contributed by atoms with Gasteiger partial charge >= 0.3 is 11.9 Å². The second-order valence-corrected chi connectivity index (χ2v) is 5.44. The standard InChI is InChI=1S/C10H12O2.C5H11NO2S/c11-10(12)8-4-7-9-5-2-1-3-6-9;1-9-3-2-4(6)5(7)8/h1-3,5-6H,4,7-8H2,(H,11,12);4H,2-3,6H2,1H3,(H,7,8)/t;4-/m.0/s1. The van der Waals surface area contributed by atoms with Crippen LogP contribution in [0.15, 0.2) is 30.3 Å². The number of aliphatic carboxylic acids is 2. The molecule has 0 aliphatic rings. The van der Waals surface area contributed by atoms with E-state index in [-0.39, 0.29) is 6.42 Å². The molecule has 0 radical (unpaired) electrons. The fourth-order valence-electron chi connectivity index (χ4n) is 1.46. The lowest BCUT2D eigenvalue weighted by Gasteiger charge is -2.02. The van der Waals surface area contributed by atoms with Crippen molar-refractivity contribution in [3.05, 3.63) is 35.9 Å². The molecule has 4 N–H and O–H groups in total. The molecule has 1 aromatic carbocycles. The van der Waals surface area contributed by atoms with Crippen LogP contribution >= 0.6 is 11.8 Å². The Kier molecular flexibility index (Phi) is 11.3. The minimum atomic E-state index is -0.913. The van der Waals surface area contributed by atoms with Crippen molar-refractivity contribution >= 4 is 23.7 Å². The number of nitrogens with two attached hydrogens (primary N) is 1. The molecule has 0 saturated carbocycles. The predicted octanol–water partition coefficient (Wildman–Crippen LogP) is 2.25. The van der Waals surface area contributed by atoms with Crippen LogP contribution in [0, 0.1) is 0 Å². The van der Waals surface area contributed by atoms with E-state index >= 15 is 0 Å². The van der Waals surface area contributed by atoms with Crippen molar-refractivity contribution in [1.82, 2.24) is 0 Å². The van der Waals surface area contributed by atoms with Gasteiger partial charge in [0.25, 0.3) is 0 Å². The molecule has 1 atom stereocenters. The third kappa shape index (κ3) is 12.0.